The monoisotopic (exact) mass is 485 g/mol. The van der Waals surface area contributed by atoms with E-state index in [0.29, 0.717) is 11.1 Å². The number of hydrogen-bond acceptors (Lipinski definition) is 5. The van der Waals surface area contributed by atoms with Gasteiger partial charge >= 0.3 is 6.18 Å². The fraction of sp³-hybridized carbons (Fsp3) is 0.318. The van der Waals surface area contributed by atoms with Gasteiger partial charge in [0, 0.05) is 29.0 Å². The molecular formula is C22H24F4N3O3P. The molecule has 0 heterocycles. The summed E-state index contributed by atoms with van der Waals surface area (Å²) in [6.07, 6.45) is -5.71. The second kappa shape index (κ2) is 11.2. The SMILES string of the molecule is CNC(=O)/C(=N/OC)c1cccc(C)c1CO/N=C(\C)c1cc(F)c(P)cc1CC(F)(F)F. The molecule has 178 valence electrons. The highest BCUT2D eigenvalue weighted by atomic mass is 31.0. The van der Waals surface area contributed by atoms with Crippen LogP contribution in [0.1, 0.15) is 34.7 Å². The molecule has 0 saturated heterocycles. The number of nitrogens with zero attached hydrogens (tertiary/aromatic N) is 2. The lowest BCUT2D eigenvalue weighted by molar-refractivity contribution is -0.127. The van der Waals surface area contributed by atoms with Crippen LogP contribution in [0.3, 0.4) is 0 Å². The molecule has 0 radical (unpaired) electrons. The number of carbonyl (C=O) groups is 1. The average Bonchev–Trinajstić information content (AvgIpc) is 2.74. The standard InChI is InChI=1S/C22H24F4N3O3P/c1-12-6-5-7-15(20(29-31-4)21(30)27-3)17(12)11-32-28-13(2)16-9-18(23)19(33)8-14(16)10-22(24,25)26/h5-9H,10-11,33H2,1-4H3,(H,27,30)/b28-13+,29-20+. The number of oxime groups is 2. The van der Waals surface area contributed by atoms with Gasteiger partial charge in [0.1, 0.15) is 19.5 Å². The number of alkyl halides is 3. The normalized spacial score (nSPS) is 12.5. The van der Waals surface area contributed by atoms with Crippen LogP contribution in [0.25, 0.3) is 0 Å². The number of aryl methyl sites for hydroxylation is 1. The molecule has 11 heteroatoms. The van der Waals surface area contributed by atoms with E-state index in [0.717, 1.165) is 17.7 Å². The Bertz CT molecular complexity index is 1090. The van der Waals surface area contributed by atoms with E-state index < -0.39 is 24.3 Å². The van der Waals surface area contributed by atoms with Crippen LogP contribution in [0.15, 0.2) is 40.6 Å². The molecule has 33 heavy (non-hydrogen) atoms. The molecule has 2 aromatic rings. The van der Waals surface area contributed by atoms with E-state index in [9.17, 15) is 22.4 Å². The Labute approximate surface area is 191 Å². The number of rotatable bonds is 8. The van der Waals surface area contributed by atoms with Crippen molar-refractivity contribution in [2.24, 2.45) is 10.3 Å². The maximum absolute atomic E-state index is 14.1. The van der Waals surface area contributed by atoms with Crippen LogP contribution in [0.4, 0.5) is 17.6 Å². The van der Waals surface area contributed by atoms with E-state index in [-0.39, 0.29) is 34.5 Å². The van der Waals surface area contributed by atoms with Gasteiger partial charge in [0.2, 0.25) is 0 Å². The highest BCUT2D eigenvalue weighted by Crippen LogP contribution is 2.25. The number of carbonyl (C=O) groups excluding carboxylic acids is 1. The number of benzene rings is 2. The van der Waals surface area contributed by atoms with Gasteiger partial charge in [-0.1, -0.05) is 28.5 Å². The molecule has 0 aliphatic heterocycles. The predicted molar refractivity (Wildman–Crippen MR) is 121 cm³/mol. The van der Waals surface area contributed by atoms with Crippen LogP contribution in [0.2, 0.25) is 0 Å². The summed E-state index contributed by atoms with van der Waals surface area (Å²) in [6.45, 7) is 3.11. The van der Waals surface area contributed by atoms with E-state index in [1.807, 2.05) is 0 Å². The molecule has 0 spiro atoms. The van der Waals surface area contributed by atoms with Crippen molar-refractivity contribution >= 4 is 31.9 Å². The van der Waals surface area contributed by atoms with Crippen molar-refractivity contribution in [1.29, 1.82) is 0 Å². The van der Waals surface area contributed by atoms with Gasteiger partial charge in [-0.25, -0.2) is 4.39 Å². The van der Waals surface area contributed by atoms with Crippen molar-refractivity contribution in [2.75, 3.05) is 14.2 Å². The third-order valence-electron chi connectivity index (χ3n) is 4.70. The third-order valence-corrected chi connectivity index (χ3v) is 5.15. The number of halogens is 4. The Balaban J connectivity index is 2.37. The molecule has 1 amide bonds. The van der Waals surface area contributed by atoms with Crippen molar-refractivity contribution in [1.82, 2.24) is 5.32 Å². The second-order valence-corrected chi connectivity index (χ2v) is 7.70. The predicted octanol–water partition coefficient (Wildman–Crippen LogP) is 3.78. The Hall–Kier alpha value is -3.00. The van der Waals surface area contributed by atoms with Crippen LogP contribution in [0, 0.1) is 12.7 Å². The van der Waals surface area contributed by atoms with Gasteiger partial charge in [0.05, 0.1) is 12.1 Å². The molecule has 0 aliphatic carbocycles. The molecule has 1 unspecified atom stereocenters. The summed E-state index contributed by atoms with van der Waals surface area (Å²) < 4.78 is 53.0. The van der Waals surface area contributed by atoms with E-state index in [2.05, 4.69) is 24.9 Å². The van der Waals surface area contributed by atoms with E-state index in [1.165, 1.54) is 21.1 Å². The van der Waals surface area contributed by atoms with Crippen LogP contribution in [0.5, 0.6) is 0 Å². The van der Waals surface area contributed by atoms with Crippen LogP contribution < -0.4 is 10.6 Å². The lowest BCUT2D eigenvalue weighted by atomic mass is 9.98. The van der Waals surface area contributed by atoms with Gasteiger partial charge in [-0.05, 0) is 37.1 Å². The first-order valence-corrected chi connectivity index (χ1v) is 10.3. The van der Waals surface area contributed by atoms with Crippen molar-refractivity contribution in [3.05, 3.63) is 64.0 Å². The Morgan fingerprint density at radius 3 is 2.48 bits per heavy atom. The van der Waals surface area contributed by atoms with Gasteiger partial charge in [0.25, 0.3) is 5.91 Å². The fourth-order valence-corrected chi connectivity index (χ4v) is 3.40. The summed E-state index contributed by atoms with van der Waals surface area (Å²) in [6, 6.07) is 7.30. The van der Waals surface area contributed by atoms with E-state index in [4.69, 9.17) is 9.68 Å². The molecule has 2 aromatic carbocycles. The maximum atomic E-state index is 14.1. The Morgan fingerprint density at radius 2 is 1.88 bits per heavy atom. The van der Waals surface area contributed by atoms with Crippen molar-refractivity contribution < 1.29 is 32.0 Å². The molecular weight excluding hydrogens is 461 g/mol. The van der Waals surface area contributed by atoms with Gasteiger partial charge in [-0.15, -0.1) is 9.24 Å². The van der Waals surface area contributed by atoms with Crippen LogP contribution in [-0.2, 0) is 27.5 Å². The van der Waals surface area contributed by atoms with Crippen LogP contribution >= 0.6 is 9.24 Å². The molecule has 0 aliphatic rings. The van der Waals surface area contributed by atoms with Gasteiger partial charge in [0.15, 0.2) is 5.71 Å². The van der Waals surface area contributed by atoms with Gasteiger partial charge in [-0.3, -0.25) is 4.79 Å². The number of nitrogens with one attached hydrogen (secondary N) is 1. The minimum Gasteiger partial charge on any atom is -0.398 e. The molecule has 6 nitrogen and oxygen atoms in total. The maximum Gasteiger partial charge on any atom is 0.393 e. The number of hydrogen-bond donors (Lipinski definition) is 1. The minimum atomic E-state index is -4.47. The second-order valence-electron chi connectivity index (χ2n) is 7.08. The zero-order valence-electron chi connectivity index (χ0n) is 18.5. The minimum absolute atomic E-state index is 0.00646. The summed E-state index contributed by atoms with van der Waals surface area (Å²) in [7, 11) is 4.83. The quantitative estimate of drug-likeness (QED) is 0.268. The molecule has 2 rings (SSSR count). The highest BCUT2D eigenvalue weighted by Gasteiger charge is 2.30. The molecule has 0 fully saturated rings. The zero-order valence-corrected chi connectivity index (χ0v) is 19.7. The summed E-state index contributed by atoms with van der Waals surface area (Å²) in [5.41, 5.74) is 1.76. The van der Waals surface area contributed by atoms with E-state index >= 15 is 0 Å². The molecule has 0 aromatic heterocycles. The van der Waals surface area contributed by atoms with Crippen LogP contribution in [-0.4, -0.2) is 37.7 Å². The summed E-state index contributed by atoms with van der Waals surface area (Å²) in [5.74, 6) is -1.16. The summed E-state index contributed by atoms with van der Waals surface area (Å²) in [4.78, 5) is 22.4. The van der Waals surface area contributed by atoms with Gasteiger partial charge < -0.3 is 15.0 Å². The first-order chi connectivity index (χ1) is 15.5. The topological polar surface area (TPSA) is 72.3 Å². The van der Waals surface area contributed by atoms with Crippen molar-refractivity contribution in [3.63, 3.8) is 0 Å². The highest BCUT2D eigenvalue weighted by molar-refractivity contribution is 7.27. The lowest BCUT2D eigenvalue weighted by Gasteiger charge is -2.14. The largest absolute Gasteiger partial charge is 0.398 e. The summed E-state index contributed by atoms with van der Waals surface area (Å²) >= 11 is 0. The molecule has 1 atom stereocenters. The van der Waals surface area contributed by atoms with Crippen molar-refractivity contribution in [2.45, 2.75) is 33.1 Å². The number of likely N-dealkylation sites (N-methyl/N-ethyl adjacent to an activating group) is 1. The third kappa shape index (κ3) is 6.99. The first-order valence-electron chi connectivity index (χ1n) is 9.72. The van der Waals surface area contributed by atoms with Crippen molar-refractivity contribution in [3.8, 4) is 0 Å². The molecule has 1 N–H and O–H groups in total. The lowest BCUT2D eigenvalue weighted by Crippen LogP contribution is -2.29. The first kappa shape index (κ1) is 26.3. The van der Waals surface area contributed by atoms with E-state index in [1.54, 1.807) is 25.1 Å². The average molecular weight is 485 g/mol. The number of amides is 1. The Morgan fingerprint density at radius 1 is 1.18 bits per heavy atom. The molecule has 0 saturated carbocycles. The smallest absolute Gasteiger partial charge is 0.393 e. The molecule has 0 bridgehead atoms. The zero-order chi connectivity index (χ0) is 24.8. The summed E-state index contributed by atoms with van der Waals surface area (Å²) in [5, 5.41) is 10.2. The Kier molecular flexibility index (Phi) is 8.93. The fourth-order valence-electron chi connectivity index (χ4n) is 3.12. The van der Waals surface area contributed by atoms with Gasteiger partial charge in [-0.2, -0.15) is 13.2 Å².